The summed E-state index contributed by atoms with van der Waals surface area (Å²) in [6.45, 7) is 0. The van der Waals surface area contributed by atoms with E-state index in [2.05, 4.69) is 0 Å². The van der Waals surface area contributed by atoms with Gasteiger partial charge in [-0.3, -0.25) is 4.79 Å². The average Bonchev–Trinajstić information content (AvgIpc) is 2.24. The highest BCUT2D eigenvalue weighted by Gasteiger charge is 2.62. The molecule has 2 unspecified atom stereocenters. The van der Waals surface area contributed by atoms with Gasteiger partial charge in [0.15, 0.2) is 0 Å². The number of methoxy groups -OCH3 is 1. The zero-order chi connectivity index (χ0) is 13.0. The number of esters is 1. The summed E-state index contributed by atoms with van der Waals surface area (Å²) in [6.07, 6.45) is 4.55. The predicted octanol–water partition coefficient (Wildman–Crippen LogP) is 1.71. The van der Waals surface area contributed by atoms with Crippen LogP contribution in [0.3, 0.4) is 0 Å². The van der Waals surface area contributed by atoms with Crippen LogP contribution in [0.1, 0.15) is 38.5 Å². The molecule has 0 radical (unpaired) electrons. The molecule has 4 aliphatic rings. The third-order valence-electron chi connectivity index (χ3n) is 4.89. The van der Waals surface area contributed by atoms with Gasteiger partial charge in [-0.25, -0.2) is 0 Å². The highest BCUT2D eigenvalue weighted by atomic mass is 17.0. The van der Waals surface area contributed by atoms with Crippen LogP contribution in [0.25, 0.3) is 0 Å². The molecule has 0 spiro atoms. The van der Waals surface area contributed by atoms with Crippen LogP contribution in [0, 0.1) is 27.4 Å². The van der Waals surface area contributed by atoms with Crippen LogP contribution in [0.2, 0.25) is 0 Å². The van der Waals surface area contributed by atoms with E-state index in [-0.39, 0.29) is 5.97 Å². The monoisotopic (exact) mass is 255 g/mol. The first-order chi connectivity index (χ1) is 8.47. The number of hydrogen-bond donors (Lipinski definition) is 0. The second-order valence-electron chi connectivity index (χ2n) is 6.23. The molecule has 4 fully saturated rings. The Bertz CT molecular complexity index is 393. The van der Waals surface area contributed by atoms with E-state index < -0.39 is 16.1 Å². The summed E-state index contributed by atoms with van der Waals surface area (Å²) in [5.74, 6) is 0.517. The Kier molecular flexibility index (Phi) is 2.34. The third kappa shape index (κ3) is 1.58. The maximum absolute atomic E-state index is 12.0. The SMILES string of the molecule is COC(=O)C12C[C@@H]3C[C@@H](CC(O[N+](=O)[O-])(C3)C1)C2. The van der Waals surface area contributed by atoms with Gasteiger partial charge >= 0.3 is 5.97 Å². The van der Waals surface area contributed by atoms with E-state index in [1.807, 2.05) is 0 Å². The molecule has 0 N–H and O–H groups in total. The van der Waals surface area contributed by atoms with E-state index >= 15 is 0 Å². The number of nitrogens with zero attached hydrogens (tertiary/aromatic N) is 1. The molecular weight excluding hydrogens is 238 g/mol. The first kappa shape index (κ1) is 11.7. The van der Waals surface area contributed by atoms with Crippen LogP contribution in [-0.4, -0.2) is 23.8 Å². The van der Waals surface area contributed by atoms with Gasteiger partial charge in [0, 0.05) is 0 Å². The van der Waals surface area contributed by atoms with Crippen molar-refractivity contribution in [3.05, 3.63) is 10.1 Å². The summed E-state index contributed by atoms with van der Waals surface area (Å²) in [4.78, 5) is 27.7. The normalized spacial score (nSPS) is 44.7. The molecule has 0 saturated heterocycles. The Labute approximate surface area is 105 Å². The molecule has 0 aliphatic heterocycles. The molecule has 4 atom stereocenters. The van der Waals surface area contributed by atoms with Crippen molar-refractivity contribution in [2.24, 2.45) is 17.3 Å². The molecule has 6 nitrogen and oxygen atoms in total. The lowest BCUT2D eigenvalue weighted by molar-refractivity contribution is -0.785. The number of hydrogen-bond acceptors (Lipinski definition) is 5. The van der Waals surface area contributed by atoms with Gasteiger partial charge in [0.1, 0.15) is 5.60 Å². The lowest BCUT2D eigenvalue weighted by Crippen LogP contribution is -2.59. The van der Waals surface area contributed by atoms with Crippen molar-refractivity contribution in [2.75, 3.05) is 7.11 Å². The summed E-state index contributed by atoms with van der Waals surface area (Å²) in [5, 5.41) is 10.00. The topological polar surface area (TPSA) is 78.7 Å². The number of rotatable bonds is 3. The highest BCUT2D eigenvalue weighted by molar-refractivity contribution is 5.77. The molecule has 4 rings (SSSR count). The van der Waals surface area contributed by atoms with Crippen molar-refractivity contribution in [1.29, 1.82) is 0 Å². The Balaban J connectivity index is 1.92. The standard InChI is InChI=1S/C12H17NO5/c1-17-10(14)11-3-8-2-9(4-11)6-12(5-8,7-11)18-13(15)16/h8-9H,2-7H2,1H3/t8-,9+,11?,12?. The van der Waals surface area contributed by atoms with Gasteiger partial charge in [-0.1, -0.05) is 0 Å². The lowest BCUT2D eigenvalue weighted by Gasteiger charge is -2.59. The lowest BCUT2D eigenvalue weighted by atomic mass is 9.48. The summed E-state index contributed by atoms with van der Waals surface area (Å²) < 4.78 is 4.92. The summed E-state index contributed by atoms with van der Waals surface area (Å²) >= 11 is 0. The Morgan fingerprint density at radius 2 is 1.89 bits per heavy atom. The minimum Gasteiger partial charge on any atom is -0.469 e. The Morgan fingerprint density at radius 3 is 2.39 bits per heavy atom. The van der Waals surface area contributed by atoms with Crippen molar-refractivity contribution < 1.29 is 19.5 Å². The highest BCUT2D eigenvalue weighted by Crippen LogP contribution is 2.63. The Morgan fingerprint density at radius 1 is 1.28 bits per heavy atom. The zero-order valence-electron chi connectivity index (χ0n) is 10.4. The van der Waals surface area contributed by atoms with Crippen LogP contribution >= 0.6 is 0 Å². The molecule has 4 bridgehead atoms. The maximum atomic E-state index is 12.0. The molecule has 0 aromatic heterocycles. The third-order valence-corrected chi connectivity index (χ3v) is 4.89. The average molecular weight is 255 g/mol. The number of ether oxygens (including phenoxy) is 1. The fourth-order valence-electron chi connectivity index (χ4n) is 4.90. The Hall–Kier alpha value is -1.33. The molecule has 0 aromatic rings. The van der Waals surface area contributed by atoms with Crippen LogP contribution in [-0.2, 0) is 14.4 Å². The van der Waals surface area contributed by atoms with Crippen LogP contribution in [0.4, 0.5) is 0 Å². The van der Waals surface area contributed by atoms with Crippen LogP contribution < -0.4 is 0 Å². The van der Waals surface area contributed by atoms with Crippen molar-refractivity contribution >= 4 is 5.97 Å². The fourth-order valence-corrected chi connectivity index (χ4v) is 4.90. The van der Waals surface area contributed by atoms with E-state index in [4.69, 9.17) is 9.57 Å². The van der Waals surface area contributed by atoms with Crippen molar-refractivity contribution in [3.63, 3.8) is 0 Å². The molecular formula is C12H17NO5. The zero-order valence-corrected chi connectivity index (χ0v) is 10.4. The first-order valence-corrected chi connectivity index (χ1v) is 6.39. The van der Waals surface area contributed by atoms with E-state index in [0.717, 1.165) is 19.3 Å². The number of carbonyl (C=O) groups is 1. The van der Waals surface area contributed by atoms with Crippen LogP contribution in [0.5, 0.6) is 0 Å². The van der Waals surface area contributed by atoms with Gasteiger partial charge in [-0.15, -0.1) is 10.1 Å². The maximum Gasteiger partial charge on any atom is 0.311 e. The quantitative estimate of drug-likeness (QED) is 0.435. The second kappa shape index (κ2) is 3.59. The van der Waals surface area contributed by atoms with E-state index in [1.165, 1.54) is 7.11 Å². The molecule has 100 valence electrons. The van der Waals surface area contributed by atoms with Gasteiger partial charge in [-0.2, -0.15) is 0 Å². The van der Waals surface area contributed by atoms with E-state index in [1.54, 1.807) is 0 Å². The van der Waals surface area contributed by atoms with E-state index in [9.17, 15) is 14.9 Å². The molecule has 0 amide bonds. The van der Waals surface area contributed by atoms with E-state index in [0.29, 0.717) is 31.1 Å². The van der Waals surface area contributed by atoms with Crippen molar-refractivity contribution in [3.8, 4) is 0 Å². The first-order valence-electron chi connectivity index (χ1n) is 6.39. The van der Waals surface area contributed by atoms with Crippen molar-refractivity contribution in [2.45, 2.75) is 44.1 Å². The van der Waals surface area contributed by atoms with Crippen molar-refractivity contribution in [1.82, 2.24) is 0 Å². The van der Waals surface area contributed by atoms with Crippen LogP contribution in [0.15, 0.2) is 0 Å². The summed E-state index contributed by atoms with van der Waals surface area (Å²) in [6, 6.07) is 0. The minimum atomic E-state index is -0.734. The van der Waals surface area contributed by atoms with Gasteiger partial charge in [-0.05, 0) is 50.4 Å². The van der Waals surface area contributed by atoms with Gasteiger partial charge in [0.05, 0.1) is 12.5 Å². The van der Waals surface area contributed by atoms with Gasteiger partial charge in [0.25, 0.3) is 5.09 Å². The number of carbonyl (C=O) groups excluding carboxylic acids is 1. The smallest absolute Gasteiger partial charge is 0.311 e. The molecule has 6 heteroatoms. The van der Waals surface area contributed by atoms with Gasteiger partial charge in [0.2, 0.25) is 0 Å². The molecule has 4 saturated carbocycles. The molecule has 4 aliphatic carbocycles. The van der Waals surface area contributed by atoms with Gasteiger partial charge < -0.3 is 9.57 Å². The molecule has 0 heterocycles. The summed E-state index contributed by atoms with van der Waals surface area (Å²) in [7, 11) is 1.39. The summed E-state index contributed by atoms with van der Waals surface area (Å²) in [5.41, 5.74) is -1.27. The predicted molar refractivity (Wildman–Crippen MR) is 59.9 cm³/mol. The molecule has 18 heavy (non-hydrogen) atoms. The fraction of sp³-hybridized carbons (Fsp3) is 0.917. The minimum absolute atomic E-state index is 0.215. The largest absolute Gasteiger partial charge is 0.469 e. The second-order valence-corrected chi connectivity index (χ2v) is 6.23. The molecule has 0 aromatic carbocycles.